The highest BCUT2D eigenvalue weighted by Gasteiger charge is 2.33. The van der Waals surface area contributed by atoms with Crippen molar-refractivity contribution in [3.05, 3.63) is 41.0 Å². The van der Waals surface area contributed by atoms with E-state index in [1.807, 2.05) is 18.2 Å². The zero-order chi connectivity index (χ0) is 17.8. The van der Waals surface area contributed by atoms with Crippen LogP contribution in [0.5, 0.6) is 0 Å². The van der Waals surface area contributed by atoms with Crippen LogP contribution >= 0.6 is 0 Å². The van der Waals surface area contributed by atoms with Gasteiger partial charge in [0.25, 0.3) is 5.91 Å². The van der Waals surface area contributed by atoms with E-state index in [2.05, 4.69) is 11.4 Å². The molecule has 25 heavy (non-hydrogen) atoms. The Bertz CT molecular complexity index is 735. The summed E-state index contributed by atoms with van der Waals surface area (Å²) in [6.07, 6.45) is 7.27. The number of aryl methyl sites for hydroxylation is 1. The lowest BCUT2D eigenvalue weighted by Gasteiger charge is -2.21. The smallest absolute Gasteiger partial charge is 0.303 e. The van der Waals surface area contributed by atoms with Crippen molar-refractivity contribution in [2.24, 2.45) is 0 Å². The van der Waals surface area contributed by atoms with Crippen LogP contribution < -0.4 is 5.32 Å². The van der Waals surface area contributed by atoms with Gasteiger partial charge in [-0.1, -0.05) is 30.7 Å². The minimum Gasteiger partial charge on any atom is -0.481 e. The molecule has 2 N–H and O–H groups in total. The van der Waals surface area contributed by atoms with Crippen molar-refractivity contribution >= 4 is 23.2 Å². The first-order valence-electron chi connectivity index (χ1n) is 8.96. The molecule has 5 nitrogen and oxygen atoms in total. The lowest BCUT2D eigenvalue weighted by molar-refractivity contribution is -0.137. The average molecular weight is 341 g/mol. The summed E-state index contributed by atoms with van der Waals surface area (Å²) >= 11 is 0. The maximum atomic E-state index is 12.6. The monoisotopic (exact) mass is 341 g/mol. The Morgan fingerprint density at radius 1 is 1.16 bits per heavy atom. The number of hydrogen-bond donors (Lipinski definition) is 2. The molecule has 1 aromatic rings. The van der Waals surface area contributed by atoms with Crippen molar-refractivity contribution in [2.75, 3.05) is 6.54 Å². The summed E-state index contributed by atoms with van der Waals surface area (Å²) in [6, 6.07) is 6.01. The Morgan fingerprint density at radius 2 is 2.00 bits per heavy atom. The van der Waals surface area contributed by atoms with Crippen molar-refractivity contribution in [1.29, 1.82) is 0 Å². The number of ketones is 1. The topological polar surface area (TPSA) is 83.5 Å². The molecule has 1 aromatic carbocycles. The minimum atomic E-state index is -0.808. The molecular weight excluding hydrogens is 318 g/mol. The standard InChI is InChI=1S/C20H23NO4/c22-17(23)10-2-1-3-11-21-20(25)19(24)16-12-14-8-4-6-13-7-5-9-15(16)18(13)14/h5,7,9,12,14H,1-4,6,8,10-11H2,(H,21,25)(H,22,23). The van der Waals surface area contributed by atoms with Gasteiger partial charge in [0.1, 0.15) is 0 Å². The maximum absolute atomic E-state index is 12.6. The Morgan fingerprint density at radius 3 is 2.80 bits per heavy atom. The third kappa shape index (κ3) is 3.81. The number of carbonyl (C=O) groups is 3. The average Bonchev–Trinajstić information content (AvgIpc) is 2.98. The van der Waals surface area contributed by atoms with E-state index in [0.29, 0.717) is 25.0 Å². The van der Waals surface area contributed by atoms with Gasteiger partial charge in [-0.3, -0.25) is 14.4 Å². The molecule has 0 aliphatic heterocycles. The fourth-order valence-corrected chi connectivity index (χ4v) is 3.80. The maximum Gasteiger partial charge on any atom is 0.303 e. The van der Waals surface area contributed by atoms with Gasteiger partial charge in [0.2, 0.25) is 5.78 Å². The van der Waals surface area contributed by atoms with Gasteiger partial charge < -0.3 is 10.4 Å². The Hall–Kier alpha value is -2.43. The second-order valence-corrected chi connectivity index (χ2v) is 6.75. The predicted molar refractivity (Wildman–Crippen MR) is 94.2 cm³/mol. The summed E-state index contributed by atoms with van der Waals surface area (Å²) < 4.78 is 0. The lowest BCUT2D eigenvalue weighted by Crippen LogP contribution is -2.32. The molecule has 1 atom stereocenters. The number of allylic oxidation sites excluding steroid dienone is 1. The zero-order valence-corrected chi connectivity index (χ0v) is 14.2. The summed E-state index contributed by atoms with van der Waals surface area (Å²) in [5, 5.41) is 11.2. The highest BCUT2D eigenvalue weighted by molar-refractivity contribution is 6.53. The molecule has 0 saturated heterocycles. The summed E-state index contributed by atoms with van der Waals surface area (Å²) in [6.45, 7) is 0.397. The molecule has 0 radical (unpaired) electrons. The number of hydrogen-bond acceptors (Lipinski definition) is 3. The molecule has 132 valence electrons. The highest BCUT2D eigenvalue weighted by atomic mass is 16.4. The van der Waals surface area contributed by atoms with Gasteiger partial charge in [0.15, 0.2) is 0 Å². The highest BCUT2D eigenvalue weighted by Crippen LogP contribution is 2.44. The Kier molecular flexibility index (Phi) is 5.31. The van der Waals surface area contributed by atoms with Gasteiger partial charge in [-0.2, -0.15) is 0 Å². The number of carboxylic acids is 1. The van der Waals surface area contributed by atoms with Gasteiger partial charge in [-0.05, 0) is 48.8 Å². The van der Waals surface area contributed by atoms with Crippen LogP contribution in [0.1, 0.15) is 61.1 Å². The summed E-state index contributed by atoms with van der Waals surface area (Å²) in [7, 11) is 0. The summed E-state index contributed by atoms with van der Waals surface area (Å²) in [5.41, 5.74) is 3.99. The van der Waals surface area contributed by atoms with Crippen LogP contribution in [0.15, 0.2) is 24.3 Å². The van der Waals surface area contributed by atoms with Crippen LogP contribution in [0.25, 0.3) is 5.57 Å². The van der Waals surface area contributed by atoms with Crippen LogP contribution in [0.3, 0.4) is 0 Å². The third-order valence-corrected chi connectivity index (χ3v) is 4.99. The number of unbranched alkanes of at least 4 members (excludes halogenated alkanes) is 2. The normalized spacial score (nSPS) is 17.6. The molecule has 3 rings (SSSR count). The van der Waals surface area contributed by atoms with Crippen molar-refractivity contribution in [1.82, 2.24) is 5.32 Å². The molecule has 0 saturated carbocycles. The summed E-state index contributed by atoms with van der Waals surface area (Å²) in [5.74, 6) is -1.57. The summed E-state index contributed by atoms with van der Waals surface area (Å²) in [4.78, 5) is 35.2. The zero-order valence-electron chi connectivity index (χ0n) is 14.2. The number of rotatable bonds is 8. The molecule has 0 bridgehead atoms. The van der Waals surface area contributed by atoms with Crippen LogP contribution in [-0.4, -0.2) is 29.3 Å². The van der Waals surface area contributed by atoms with Crippen LogP contribution in [0.2, 0.25) is 0 Å². The fourth-order valence-electron chi connectivity index (χ4n) is 3.80. The lowest BCUT2D eigenvalue weighted by atomic mass is 9.84. The Labute approximate surface area is 147 Å². The van der Waals surface area contributed by atoms with Crippen molar-refractivity contribution in [2.45, 2.75) is 50.9 Å². The number of benzene rings is 1. The van der Waals surface area contributed by atoms with Gasteiger partial charge in [-0.25, -0.2) is 0 Å². The molecule has 5 heteroatoms. The molecule has 0 spiro atoms. The number of aliphatic carboxylic acids is 1. The minimum absolute atomic E-state index is 0.139. The predicted octanol–water partition coefficient (Wildman–Crippen LogP) is 2.83. The van der Waals surface area contributed by atoms with E-state index in [1.54, 1.807) is 0 Å². The van der Waals surface area contributed by atoms with Crippen LogP contribution in [0.4, 0.5) is 0 Å². The van der Waals surface area contributed by atoms with Crippen LogP contribution in [-0.2, 0) is 20.8 Å². The molecule has 1 amide bonds. The molecule has 0 fully saturated rings. The molecule has 2 aliphatic carbocycles. The van der Waals surface area contributed by atoms with Gasteiger partial charge in [-0.15, -0.1) is 0 Å². The SMILES string of the molecule is O=C(O)CCCCCNC(=O)C(=O)C1=CC2CCCc3cccc1c32. The second-order valence-electron chi connectivity index (χ2n) is 6.75. The molecule has 1 unspecified atom stereocenters. The van der Waals surface area contributed by atoms with Crippen molar-refractivity contribution < 1.29 is 19.5 Å². The fraction of sp³-hybridized carbons (Fsp3) is 0.450. The number of amides is 1. The van der Waals surface area contributed by atoms with E-state index < -0.39 is 17.7 Å². The largest absolute Gasteiger partial charge is 0.481 e. The second kappa shape index (κ2) is 7.64. The molecule has 0 aromatic heterocycles. The quantitative estimate of drug-likeness (QED) is 0.562. The molecule has 2 aliphatic rings. The van der Waals surface area contributed by atoms with E-state index >= 15 is 0 Å². The molecule has 0 heterocycles. The van der Waals surface area contributed by atoms with Gasteiger partial charge in [0, 0.05) is 24.5 Å². The third-order valence-electron chi connectivity index (χ3n) is 4.99. The number of carboxylic acid groups (broad SMARTS) is 1. The van der Waals surface area contributed by atoms with E-state index in [1.165, 1.54) is 11.1 Å². The van der Waals surface area contributed by atoms with Gasteiger partial charge >= 0.3 is 5.97 Å². The van der Waals surface area contributed by atoms with E-state index in [9.17, 15) is 14.4 Å². The first-order chi connectivity index (χ1) is 12.1. The first kappa shape index (κ1) is 17.4. The van der Waals surface area contributed by atoms with Crippen molar-refractivity contribution in [3.8, 4) is 0 Å². The van der Waals surface area contributed by atoms with E-state index in [4.69, 9.17) is 5.11 Å². The van der Waals surface area contributed by atoms with Crippen molar-refractivity contribution in [3.63, 3.8) is 0 Å². The number of carbonyl (C=O) groups excluding carboxylic acids is 2. The Balaban J connectivity index is 1.56. The van der Waals surface area contributed by atoms with Gasteiger partial charge in [0.05, 0.1) is 0 Å². The number of nitrogens with one attached hydrogen (secondary N) is 1. The number of Topliss-reactive ketones (excluding diaryl/α,β-unsaturated/α-hetero) is 1. The van der Waals surface area contributed by atoms with E-state index in [0.717, 1.165) is 31.2 Å². The molecular formula is C20H23NO4. The van der Waals surface area contributed by atoms with Crippen LogP contribution in [0, 0.1) is 0 Å². The first-order valence-corrected chi connectivity index (χ1v) is 8.96. The van der Waals surface area contributed by atoms with E-state index in [-0.39, 0.29) is 12.3 Å².